The molecule has 0 radical (unpaired) electrons. The van der Waals surface area contributed by atoms with E-state index in [0.29, 0.717) is 12.0 Å². The standard InChI is InChI=1S/C15H25FN4/c1-11-13(9-18-19-11)8-17-10-15(20(2)3)12-5-4-6-14(16)7-12/h4-7,11,13,15,17-19H,8-10H2,1-3H3. The lowest BCUT2D eigenvalue weighted by molar-refractivity contribution is 0.282. The van der Waals surface area contributed by atoms with Gasteiger partial charge in [0.2, 0.25) is 0 Å². The number of likely N-dealkylation sites (N-methyl/N-ethyl adjacent to an activating group) is 1. The first-order chi connectivity index (χ1) is 9.58. The summed E-state index contributed by atoms with van der Waals surface area (Å²) in [5.74, 6) is 0.414. The lowest BCUT2D eigenvalue weighted by Gasteiger charge is -2.26. The van der Waals surface area contributed by atoms with Crippen molar-refractivity contribution in [1.29, 1.82) is 0 Å². The van der Waals surface area contributed by atoms with Crippen LogP contribution in [0.2, 0.25) is 0 Å². The molecule has 20 heavy (non-hydrogen) atoms. The molecule has 4 nitrogen and oxygen atoms in total. The molecule has 0 spiro atoms. The lowest BCUT2D eigenvalue weighted by atomic mass is 10.0. The molecule has 1 heterocycles. The Morgan fingerprint density at radius 3 is 2.85 bits per heavy atom. The smallest absolute Gasteiger partial charge is 0.123 e. The number of benzene rings is 1. The van der Waals surface area contributed by atoms with Crippen molar-refractivity contribution in [2.24, 2.45) is 5.92 Å². The zero-order chi connectivity index (χ0) is 14.5. The molecule has 1 aromatic rings. The van der Waals surface area contributed by atoms with Gasteiger partial charge in [-0.1, -0.05) is 12.1 Å². The first-order valence-electron chi connectivity index (χ1n) is 7.19. The van der Waals surface area contributed by atoms with Crippen molar-refractivity contribution in [2.75, 3.05) is 33.7 Å². The first-order valence-corrected chi connectivity index (χ1v) is 7.19. The molecule has 0 aromatic heterocycles. The Morgan fingerprint density at radius 2 is 2.25 bits per heavy atom. The molecule has 3 atom stereocenters. The average molecular weight is 280 g/mol. The zero-order valence-electron chi connectivity index (χ0n) is 12.5. The fourth-order valence-corrected chi connectivity index (χ4v) is 2.61. The first kappa shape index (κ1) is 15.4. The predicted molar refractivity (Wildman–Crippen MR) is 79.8 cm³/mol. The fraction of sp³-hybridized carbons (Fsp3) is 0.600. The Kier molecular flexibility index (Phi) is 5.48. The van der Waals surface area contributed by atoms with E-state index >= 15 is 0 Å². The van der Waals surface area contributed by atoms with E-state index in [4.69, 9.17) is 0 Å². The quantitative estimate of drug-likeness (QED) is 0.730. The molecular formula is C15H25FN4. The van der Waals surface area contributed by atoms with Gasteiger partial charge < -0.3 is 10.2 Å². The molecule has 2 rings (SSSR count). The summed E-state index contributed by atoms with van der Waals surface area (Å²) in [4.78, 5) is 2.12. The molecule has 1 aromatic carbocycles. The van der Waals surface area contributed by atoms with Crippen LogP contribution in [-0.2, 0) is 0 Å². The van der Waals surface area contributed by atoms with E-state index in [1.165, 1.54) is 6.07 Å². The van der Waals surface area contributed by atoms with Gasteiger partial charge in [-0.2, -0.15) is 0 Å². The van der Waals surface area contributed by atoms with E-state index in [-0.39, 0.29) is 11.9 Å². The Labute approximate surface area is 120 Å². The average Bonchev–Trinajstić information content (AvgIpc) is 2.80. The molecule has 0 bridgehead atoms. The molecule has 0 aliphatic carbocycles. The second kappa shape index (κ2) is 7.13. The van der Waals surface area contributed by atoms with Crippen LogP contribution in [0.25, 0.3) is 0 Å². The molecular weight excluding hydrogens is 255 g/mol. The third kappa shape index (κ3) is 3.99. The Hall–Kier alpha value is -1.01. The van der Waals surface area contributed by atoms with Crippen molar-refractivity contribution in [1.82, 2.24) is 21.1 Å². The van der Waals surface area contributed by atoms with Crippen molar-refractivity contribution < 1.29 is 4.39 Å². The molecule has 1 fully saturated rings. The van der Waals surface area contributed by atoms with E-state index in [2.05, 4.69) is 28.0 Å². The van der Waals surface area contributed by atoms with Crippen molar-refractivity contribution in [2.45, 2.75) is 19.0 Å². The highest BCUT2D eigenvalue weighted by atomic mass is 19.1. The second-order valence-electron chi connectivity index (χ2n) is 5.77. The highest BCUT2D eigenvalue weighted by molar-refractivity contribution is 5.20. The maximum Gasteiger partial charge on any atom is 0.123 e. The molecule has 3 unspecified atom stereocenters. The number of hydrogen-bond donors (Lipinski definition) is 3. The van der Waals surface area contributed by atoms with Crippen LogP contribution in [0.1, 0.15) is 18.5 Å². The summed E-state index contributed by atoms with van der Waals surface area (Å²) in [6, 6.07) is 7.53. The van der Waals surface area contributed by atoms with E-state index < -0.39 is 0 Å². The maximum atomic E-state index is 13.4. The third-order valence-electron chi connectivity index (χ3n) is 4.00. The molecule has 1 saturated heterocycles. The minimum atomic E-state index is -0.174. The monoisotopic (exact) mass is 280 g/mol. The molecule has 3 N–H and O–H groups in total. The minimum absolute atomic E-state index is 0.174. The van der Waals surface area contributed by atoms with Crippen LogP contribution in [0, 0.1) is 11.7 Å². The van der Waals surface area contributed by atoms with Gasteiger partial charge >= 0.3 is 0 Å². The molecule has 1 aliphatic rings. The van der Waals surface area contributed by atoms with Gasteiger partial charge in [0.25, 0.3) is 0 Å². The molecule has 112 valence electrons. The molecule has 1 aliphatic heterocycles. The van der Waals surface area contributed by atoms with Crippen LogP contribution in [0.5, 0.6) is 0 Å². The van der Waals surface area contributed by atoms with Gasteiger partial charge in [0.15, 0.2) is 0 Å². The highest BCUT2D eigenvalue weighted by Gasteiger charge is 2.22. The summed E-state index contributed by atoms with van der Waals surface area (Å²) in [7, 11) is 4.05. The number of nitrogens with zero attached hydrogens (tertiary/aromatic N) is 1. The van der Waals surface area contributed by atoms with Crippen molar-refractivity contribution >= 4 is 0 Å². The highest BCUT2D eigenvalue weighted by Crippen LogP contribution is 2.18. The van der Waals surface area contributed by atoms with Crippen LogP contribution in [0.4, 0.5) is 4.39 Å². The van der Waals surface area contributed by atoms with Crippen LogP contribution in [0.3, 0.4) is 0 Å². The number of rotatable bonds is 6. The van der Waals surface area contributed by atoms with E-state index in [9.17, 15) is 4.39 Å². The van der Waals surface area contributed by atoms with Crippen molar-refractivity contribution in [3.8, 4) is 0 Å². The van der Waals surface area contributed by atoms with Gasteiger partial charge in [0.05, 0.1) is 0 Å². The van der Waals surface area contributed by atoms with E-state index in [1.807, 2.05) is 20.2 Å². The predicted octanol–water partition coefficient (Wildman–Crippen LogP) is 1.13. The molecule has 0 amide bonds. The van der Waals surface area contributed by atoms with Crippen LogP contribution < -0.4 is 16.2 Å². The van der Waals surface area contributed by atoms with E-state index in [1.54, 1.807) is 12.1 Å². The summed E-state index contributed by atoms with van der Waals surface area (Å²) in [6.45, 7) is 4.95. The van der Waals surface area contributed by atoms with Gasteiger partial charge in [0.1, 0.15) is 5.82 Å². The van der Waals surface area contributed by atoms with Crippen molar-refractivity contribution in [3.05, 3.63) is 35.6 Å². The van der Waals surface area contributed by atoms with Gasteiger partial charge in [-0.15, -0.1) is 0 Å². The second-order valence-corrected chi connectivity index (χ2v) is 5.77. The van der Waals surface area contributed by atoms with Gasteiger partial charge in [-0.05, 0) is 38.7 Å². The van der Waals surface area contributed by atoms with Gasteiger partial charge in [0, 0.05) is 37.6 Å². The largest absolute Gasteiger partial charge is 0.314 e. The van der Waals surface area contributed by atoms with Crippen molar-refractivity contribution in [3.63, 3.8) is 0 Å². The topological polar surface area (TPSA) is 39.3 Å². The normalized spacial score (nSPS) is 24.2. The summed E-state index contributed by atoms with van der Waals surface area (Å²) in [5, 5.41) is 3.51. The fourth-order valence-electron chi connectivity index (χ4n) is 2.61. The Bertz CT molecular complexity index is 424. The number of halogens is 1. The Morgan fingerprint density at radius 1 is 1.45 bits per heavy atom. The lowest BCUT2D eigenvalue weighted by Crippen LogP contribution is -2.37. The SMILES string of the molecule is CC1NNCC1CNCC(c1cccc(F)c1)N(C)C. The summed E-state index contributed by atoms with van der Waals surface area (Å²) in [6.07, 6.45) is 0. The maximum absolute atomic E-state index is 13.4. The van der Waals surface area contributed by atoms with Gasteiger partial charge in [-0.25, -0.2) is 4.39 Å². The molecule has 5 heteroatoms. The van der Waals surface area contributed by atoms with Crippen LogP contribution >= 0.6 is 0 Å². The number of nitrogens with one attached hydrogen (secondary N) is 3. The summed E-state index contributed by atoms with van der Waals surface area (Å²) >= 11 is 0. The van der Waals surface area contributed by atoms with Crippen LogP contribution in [0.15, 0.2) is 24.3 Å². The number of hydrazine groups is 1. The van der Waals surface area contributed by atoms with E-state index in [0.717, 1.165) is 25.2 Å². The summed E-state index contributed by atoms with van der Waals surface area (Å²) < 4.78 is 13.4. The summed E-state index contributed by atoms with van der Waals surface area (Å²) in [5.41, 5.74) is 7.40. The zero-order valence-corrected chi connectivity index (χ0v) is 12.5. The molecule has 0 saturated carbocycles. The van der Waals surface area contributed by atoms with Gasteiger partial charge in [-0.3, -0.25) is 10.9 Å². The Balaban J connectivity index is 1.89. The van der Waals surface area contributed by atoms with Crippen LogP contribution in [-0.4, -0.2) is 44.7 Å². The number of hydrogen-bond acceptors (Lipinski definition) is 4. The minimum Gasteiger partial charge on any atom is -0.314 e. The third-order valence-corrected chi connectivity index (χ3v) is 4.00.